The van der Waals surface area contributed by atoms with Crippen molar-refractivity contribution >= 4 is 35.1 Å². The summed E-state index contributed by atoms with van der Waals surface area (Å²) < 4.78 is 10.7. The number of methoxy groups -OCH3 is 2. The number of allylic oxidation sites excluding steroid dienone is 3. The molecule has 32 heavy (non-hydrogen) atoms. The monoisotopic (exact) mass is 503 g/mol. The maximum atomic E-state index is 11.2. The molecule has 3 heterocycles. The van der Waals surface area contributed by atoms with Gasteiger partial charge < -0.3 is 25.0 Å². The predicted molar refractivity (Wildman–Crippen MR) is 131 cm³/mol. The second-order valence-electron chi connectivity index (χ2n) is 8.83. The molecule has 0 bridgehead atoms. The zero-order chi connectivity index (χ0) is 22.7. The van der Waals surface area contributed by atoms with E-state index >= 15 is 0 Å². The molecule has 0 aromatic heterocycles. The Hall–Kier alpha value is -0.230. The summed E-state index contributed by atoms with van der Waals surface area (Å²) in [5.74, 6) is 1.26. The van der Waals surface area contributed by atoms with Gasteiger partial charge >= 0.3 is 0 Å². The Morgan fingerprint density at radius 2 is 2.22 bits per heavy atom. The van der Waals surface area contributed by atoms with Crippen LogP contribution in [0.1, 0.15) is 19.3 Å². The molecule has 180 valence electrons. The molecule has 3 aliphatic heterocycles. The largest absolute Gasteiger partial charge is 0.385 e. The molecule has 6 atom stereocenters. The van der Waals surface area contributed by atoms with Crippen LogP contribution >= 0.6 is 35.1 Å². The molecule has 7 nitrogen and oxygen atoms in total. The van der Waals surface area contributed by atoms with Gasteiger partial charge in [-0.1, -0.05) is 41.6 Å². The van der Waals surface area contributed by atoms with Gasteiger partial charge in [0.15, 0.2) is 6.35 Å². The Bertz CT molecular complexity index is 755. The van der Waals surface area contributed by atoms with Crippen LogP contribution in [-0.4, -0.2) is 89.6 Å². The van der Waals surface area contributed by atoms with Gasteiger partial charge in [0, 0.05) is 62.9 Å². The number of fused-ring (bicyclic) bond motifs is 2. The first-order valence-electron chi connectivity index (χ1n) is 11.1. The van der Waals surface area contributed by atoms with Crippen LogP contribution in [0.2, 0.25) is 0 Å². The van der Waals surface area contributed by atoms with Crippen LogP contribution in [0.4, 0.5) is 0 Å². The molecule has 0 radical (unpaired) electrons. The van der Waals surface area contributed by atoms with Crippen LogP contribution < -0.4 is 5.32 Å². The van der Waals surface area contributed by atoms with Gasteiger partial charge in [-0.2, -0.15) is 0 Å². The van der Waals surface area contributed by atoms with Gasteiger partial charge in [-0.25, -0.2) is 0 Å². The number of rotatable bonds is 10. The second kappa shape index (κ2) is 11.0. The summed E-state index contributed by atoms with van der Waals surface area (Å²) in [6.07, 6.45) is 9.62. The first-order chi connectivity index (χ1) is 15.5. The summed E-state index contributed by atoms with van der Waals surface area (Å²) in [5, 5.41) is 26.5. The second-order valence-corrected chi connectivity index (χ2v) is 12.1. The van der Waals surface area contributed by atoms with Crippen molar-refractivity contribution in [3.05, 3.63) is 34.4 Å². The number of nitrogens with one attached hydrogen (secondary N) is 1. The van der Waals surface area contributed by atoms with Gasteiger partial charge in [0.25, 0.3) is 0 Å². The topological polar surface area (TPSA) is 77.4 Å². The number of hydrogen-bond acceptors (Lipinski definition) is 9. The molecule has 2 saturated heterocycles. The molecule has 0 saturated carbocycles. The predicted octanol–water partition coefficient (Wildman–Crippen LogP) is 2.53. The number of aliphatic hydroxyl groups is 2. The minimum atomic E-state index is -0.901. The average Bonchev–Trinajstić information content (AvgIpc) is 3.49. The van der Waals surface area contributed by atoms with Crippen molar-refractivity contribution in [1.29, 1.82) is 0 Å². The van der Waals surface area contributed by atoms with Crippen molar-refractivity contribution < 1.29 is 19.7 Å². The van der Waals surface area contributed by atoms with Gasteiger partial charge in [0.05, 0.1) is 9.61 Å². The van der Waals surface area contributed by atoms with Crippen molar-refractivity contribution in [3.63, 3.8) is 0 Å². The van der Waals surface area contributed by atoms with Gasteiger partial charge in [-0.3, -0.25) is 9.80 Å². The van der Waals surface area contributed by atoms with E-state index in [0.29, 0.717) is 11.1 Å². The van der Waals surface area contributed by atoms with Gasteiger partial charge in [0.2, 0.25) is 6.41 Å². The maximum Gasteiger partial charge on any atom is 0.215 e. The van der Waals surface area contributed by atoms with E-state index in [1.807, 2.05) is 22.7 Å². The zero-order valence-electron chi connectivity index (χ0n) is 18.7. The van der Waals surface area contributed by atoms with E-state index in [0.717, 1.165) is 54.8 Å². The van der Waals surface area contributed by atoms with E-state index in [2.05, 4.69) is 28.4 Å². The molecule has 6 unspecified atom stereocenters. The minimum absolute atomic E-state index is 0.0610. The first kappa shape index (κ1) is 24.9. The van der Waals surface area contributed by atoms with Crippen molar-refractivity contribution in [2.45, 2.75) is 42.7 Å². The molecule has 1 aliphatic carbocycles. The molecule has 0 aromatic carbocycles. The van der Waals surface area contributed by atoms with E-state index in [-0.39, 0.29) is 17.4 Å². The Morgan fingerprint density at radius 1 is 1.38 bits per heavy atom. The summed E-state index contributed by atoms with van der Waals surface area (Å²) in [5.41, 5.74) is -0.0886. The number of aliphatic hydroxyl groups excluding tert-OH is 2. The van der Waals surface area contributed by atoms with Gasteiger partial charge in [0.1, 0.15) is 0 Å². The highest BCUT2D eigenvalue weighted by Gasteiger charge is 2.56. The number of likely N-dealkylation sites (tertiary alicyclic amines) is 2. The first-order valence-corrected chi connectivity index (χ1v) is 13.4. The Labute approximate surface area is 204 Å². The molecule has 10 heteroatoms. The lowest BCUT2D eigenvalue weighted by molar-refractivity contribution is -0.172. The van der Waals surface area contributed by atoms with Crippen LogP contribution in [0.3, 0.4) is 0 Å². The summed E-state index contributed by atoms with van der Waals surface area (Å²) in [4.78, 5) is 4.09. The number of halogens is 1. The Morgan fingerprint density at radius 3 is 3.00 bits per heavy atom. The van der Waals surface area contributed by atoms with Crippen molar-refractivity contribution in [2.75, 3.05) is 46.2 Å². The minimum Gasteiger partial charge on any atom is -0.385 e. The van der Waals surface area contributed by atoms with Crippen LogP contribution in [0.15, 0.2) is 34.4 Å². The number of nitrogens with zero attached hydrogens (tertiary/aromatic N) is 2. The quantitative estimate of drug-likeness (QED) is 0.308. The lowest BCUT2D eigenvalue weighted by Gasteiger charge is -2.32. The summed E-state index contributed by atoms with van der Waals surface area (Å²) in [6, 6.07) is 0.0610. The van der Waals surface area contributed by atoms with E-state index in [9.17, 15) is 10.2 Å². The molecule has 0 amide bonds. The Kier molecular flexibility index (Phi) is 8.56. The molecule has 3 N–H and O–H groups in total. The fraction of sp³-hybridized carbons (Fsp3) is 0.727. The van der Waals surface area contributed by atoms with Gasteiger partial charge in [-0.15, -0.1) is 11.8 Å². The van der Waals surface area contributed by atoms with Crippen molar-refractivity contribution in [3.8, 4) is 0 Å². The van der Waals surface area contributed by atoms with Crippen LogP contribution in [0, 0.1) is 11.3 Å². The summed E-state index contributed by atoms with van der Waals surface area (Å²) >= 11 is 10.1. The van der Waals surface area contributed by atoms with E-state index < -0.39 is 12.8 Å². The number of thioether (sulfide) groups is 2. The summed E-state index contributed by atoms with van der Waals surface area (Å²) in [6.45, 7) is 2.99. The fourth-order valence-electron chi connectivity index (χ4n) is 5.25. The molecule has 4 aliphatic rings. The lowest BCUT2D eigenvalue weighted by atomic mass is 9.73. The third-order valence-electron chi connectivity index (χ3n) is 6.82. The summed E-state index contributed by atoms with van der Waals surface area (Å²) in [7, 11) is 3.25. The van der Waals surface area contributed by atoms with Crippen molar-refractivity contribution in [1.82, 2.24) is 15.1 Å². The zero-order valence-corrected chi connectivity index (χ0v) is 21.0. The molecule has 2 fully saturated rings. The maximum absolute atomic E-state index is 11.2. The lowest BCUT2D eigenvalue weighted by Crippen LogP contribution is -2.48. The third kappa shape index (κ3) is 5.37. The highest BCUT2D eigenvalue weighted by Crippen LogP contribution is 2.51. The van der Waals surface area contributed by atoms with Crippen LogP contribution in [0.5, 0.6) is 0 Å². The molecule has 4 rings (SSSR count). The smallest absolute Gasteiger partial charge is 0.215 e. The van der Waals surface area contributed by atoms with E-state index in [1.54, 1.807) is 18.9 Å². The highest BCUT2D eigenvalue weighted by atomic mass is 35.5. The average molecular weight is 504 g/mol. The molecular weight excluding hydrogens is 470 g/mol. The fourth-order valence-corrected chi connectivity index (χ4v) is 7.95. The normalized spacial score (nSPS) is 34.6. The van der Waals surface area contributed by atoms with Crippen molar-refractivity contribution in [2.24, 2.45) is 11.3 Å². The van der Waals surface area contributed by atoms with Gasteiger partial charge in [-0.05, 0) is 31.1 Å². The molecule has 0 aromatic rings. The number of hydrogen-bond donors (Lipinski definition) is 3. The third-order valence-corrected chi connectivity index (χ3v) is 9.85. The highest BCUT2D eigenvalue weighted by molar-refractivity contribution is 8.19. The molecular formula is C22H34ClN3O4S2. The van der Waals surface area contributed by atoms with Crippen LogP contribution in [0.25, 0.3) is 0 Å². The standard InChI is InChI=1S/C22H34ClN3O4S2/c1-29-10-3-11-31-19-7-6-18(32-19)24-20(27)26-14-22(8-9-25(13-22)21(28)30-2)16-12-15(23)4-5-17(16)26/h4-6,12,16-17,19-21,24,27-28H,3,7-11,13-14H2,1-2H3. The van der Waals surface area contributed by atoms with E-state index in [4.69, 9.17) is 21.1 Å². The van der Waals surface area contributed by atoms with Crippen LogP contribution in [-0.2, 0) is 9.47 Å². The molecule has 1 spiro atoms. The van der Waals surface area contributed by atoms with E-state index in [1.165, 1.54) is 7.11 Å². The number of ether oxygens (including phenoxy) is 2. The Balaban J connectivity index is 1.38. The SMILES string of the molecule is COCCCSC1CC=C(NC(O)N2CC3(CCN(C(O)OC)C3)C3C=C(Cl)C=CC32)S1.